The third-order valence-corrected chi connectivity index (χ3v) is 3.28. The summed E-state index contributed by atoms with van der Waals surface area (Å²) in [5.41, 5.74) is 6.44. The van der Waals surface area contributed by atoms with Crippen molar-refractivity contribution < 1.29 is 27.5 Å². The van der Waals surface area contributed by atoms with Crippen LogP contribution in [0.3, 0.4) is 0 Å². The van der Waals surface area contributed by atoms with Gasteiger partial charge in [-0.1, -0.05) is 12.1 Å². The maximum Gasteiger partial charge on any atom is 0.491 e. The molecule has 0 spiro atoms. The average Bonchev–Trinajstić information content (AvgIpc) is 2.37. The number of nitrogens with two attached hydrogens (primary N) is 1. The summed E-state index contributed by atoms with van der Waals surface area (Å²) in [6, 6.07) is 4.53. The maximum absolute atomic E-state index is 12.2. The van der Waals surface area contributed by atoms with E-state index in [0.29, 0.717) is 18.4 Å². The minimum atomic E-state index is -5.06. The highest BCUT2D eigenvalue weighted by molar-refractivity contribution is 5.79. The molecule has 4 nitrogen and oxygen atoms in total. The molecule has 0 saturated heterocycles. The predicted octanol–water partition coefficient (Wildman–Crippen LogP) is 1.74. The van der Waals surface area contributed by atoms with Crippen molar-refractivity contribution in [3.63, 3.8) is 0 Å². The molecule has 0 aliphatic heterocycles. The SMILES string of the molecule is NC(=O)C1CCc2cccc(OC(=O)C(F)(F)F)c2C1. The lowest BCUT2D eigenvalue weighted by molar-refractivity contribution is -0.189. The number of esters is 1. The number of amides is 1. The second-order valence-corrected chi connectivity index (χ2v) is 4.62. The zero-order chi connectivity index (χ0) is 14.9. The summed E-state index contributed by atoms with van der Waals surface area (Å²) in [6.45, 7) is 0. The molecule has 1 aromatic carbocycles. The van der Waals surface area contributed by atoms with Crippen molar-refractivity contribution in [2.24, 2.45) is 11.7 Å². The molecule has 1 aliphatic rings. The van der Waals surface area contributed by atoms with E-state index in [1.807, 2.05) is 0 Å². The number of rotatable bonds is 2. The molecule has 0 heterocycles. The van der Waals surface area contributed by atoms with Crippen LogP contribution in [0.25, 0.3) is 0 Å². The van der Waals surface area contributed by atoms with Gasteiger partial charge >= 0.3 is 12.1 Å². The first-order valence-electron chi connectivity index (χ1n) is 5.98. The molecule has 0 fully saturated rings. The molecule has 7 heteroatoms. The Morgan fingerprint density at radius 1 is 1.30 bits per heavy atom. The molecule has 20 heavy (non-hydrogen) atoms. The Kier molecular flexibility index (Phi) is 3.69. The molecule has 108 valence electrons. The Bertz CT molecular complexity index is 554. The predicted molar refractivity (Wildman–Crippen MR) is 62.8 cm³/mol. The number of alkyl halides is 3. The largest absolute Gasteiger partial charge is 0.491 e. The number of carbonyl (C=O) groups excluding carboxylic acids is 2. The van der Waals surface area contributed by atoms with Gasteiger partial charge in [0.2, 0.25) is 5.91 Å². The van der Waals surface area contributed by atoms with Crippen LogP contribution in [0.15, 0.2) is 18.2 Å². The fourth-order valence-corrected chi connectivity index (χ4v) is 2.25. The van der Waals surface area contributed by atoms with E-state index in [9.17, 15) is 22.8 Å². The first-order valence-corrected chi connectivity index (χ1v) is 5.98. The van der Waals surface area contributed by atoms with Crippen LogP contribution in [0.5, 0.6) is 5.75 Å². The number of carbonyl (C=O) groups is 2. The number of halogens is 3. The number of benzene rings is 1. The van der Waals surface area contributed by atoms with Gasteiger partial charge in [-0.15, -0.1) is 0 Å². The highest BCUT2D eigenvalue weighted by atomic mass is 19.4. The van der Waals surface area contributed by atoms with Gasteiger partial charge in [0.1, 0.15) is 5.75 Å². The zero-order valence-corrected chi connectivity index (χ0v) is 10.4. The number of fused-ring (bicyclic) bond motifs is 1. The van der Waals surface area contributed by atoms with E-state index in [4.69, 9.17) is 5.73 Å². The molecular weight excluding hydrogens is 275 g/mol. The van der Waals surface area contributed by atoms with Crippen LogP contribution in [0.4, 0.5) is 13.2 Å². The molecule has 2 rings (SSSR count). The molecule has 1 aliphatic carbocycles. The van der Waals surface area contributed by atoms with E-state index in [2.05, 4.69) is 4.74 Å². The Morgan fingerprint density at radius 3 is 2.60 bits per heavy atom. The Balaban J connectivity index is 2.28. The highest BCUT2D eigenvalue weighted by Gasteiger charge is 2.42. The first-order chi connectivity index (χ1) is 9.29. The Hall–Kier alpha value is -2.05. The van der Waals surface area contributed by atoms with Gasteiger partial charge in [-0.2, -0.15) is 13.2 Å². The molecule has 2 N–H and O–H groups in total. The third kappa shape index (κ3) is 2.92. The number of primary amides is 1. The van der Waals surface area contributed by atoms with Crippen LogP contribution in [0.1, 0.15) is 17.5 Å². The smallest absolute Gasteiger partial charge is 0.420 e. The summed E-state index contributed by atoms with van der Waals surface area (Å²) in [5.74, 6) is -3.39. The number of ether oxygens (including phenoxy) is 1. The average molecular weight is 287 g/mol. The molecule has 0 aromatic heterocycles. The normalized spacial score (nSPS) is 18.2. The monoisotopic (exact) mass is 287 g/mol. The first kappa shape index (κ1) is 14.4. The van der Waals surface area contributed by atoms with Gasteiger partial charge < -0.3 is 10.5 Å². The summed E-state index contributed by atoms with van der Waals surface area (Å²) in [4.78, 5) is 22.1. The summed E-state index contributed by atoms with van der Waals surface area (Å²) in [7, 11) is 0. The van der Waals surface area contributed by atoms with Crippen molar-refractivity contribution in [3.8, 4) is 5.75 Å². The van der Waals surface area contributed by atoms with Crippen LogP contribution >= 0.6 is 0 Å². The Labute approximate surface area is 112 Å². The van der Waals surface area contributed by atoms with Crippen LogP contribution in [-0.2, 0) is 22.4 Å². The van der Waals surface area contributed by atoms with Crippen molar-refractivity contribution in [1.29, 1.82) is 0 Å². The fraction of sp³-hybridized carbons (Fsp3) is 0.385. The number of hydrogen-bond acceptors (Lipinski definition) is 3. The van der Waals surface area contributed by atoms with E-state index >= 15 is 0 Å². The molecule has 0 bridgehead atoms. The van der Waals surface area contributed by atoms with E-state index in [0.717, 1.165) is 5.56 Å². The topological polar surface area (TPSA) is 69.4 Å². The lowest BCUT2D eigenvalue weighted by Crippen LogP contribution is -2.31. The van der Waals surface area contributed by atoms with Crippen molar-refractivity contribution in [3.05, 3.63) is 29.3 Å². The van der Waals surface area contributed by atoms with Crippen molar-refractivity contribution in [1.82, 2.24) is 0 Å². The minimum Gasteiger partial charge on any atom is -0.420 e. The van der Waals surface area contributed by atoms with Gasteiger partial charge in [0, 0.05) is 5.92 Å². The van der Waals surface area contributed by atoms with Crippen LogP contribution < -0.4 is 10.5 Å². The standard InChI is InChI=1S/C13H12F3NO3/c14-13(15,16)12(19)20-10-3-1-2-7-4-5-8(11(17)18)6-9(7)10/h1-3,8H,4-6H2,(H2,17,18). The summed E-state index contributed by atoms with van der Waals surface area (Å²) in [5, 5.41) is 0. The maximum atomic E-state index is 12.2. The van der Waals surface area contributed by atoms with Gasteiger partial charge in [0.05, 0.1) is 0 Å². The van der Waals surface area contributed by atoms with E-state index in [1.54, 1.807) is 6.07 Å². The number of hydrogen-bond donors (Lipinski definition) is 1. The van der Waals surface area contributed by atoms with Crippen LogP contribution in [0.2, 0.25) is 0 Å². The molecule has 0 saturated carbocycles. The lowest BCUT2D eigenvalue weighted by atomic mass is 9.83. The van der Waals surface area contributed by atoms with Gasteiger partial charge in [-0.25, -0.2) is 4.79 Å². The quantitative estimate of drug-likeness (QED) is 0.665. The van der Waals surface area contributed by atoms with Crippen LogP contribution in [0, 0.1) is 5.92 Å². The lowest BCUT2D eigenvalue weighted by Gasteiger charge is -2.24. The third-order valence-electron chi connectivity index (χ3n) is 3.28. The highest BCUT2D eigenvalue weighted by Crippen LogP contribution is 2.33. The van der Waals surface area contributed by atoms with Crippen molar-refractivity contribution in [2.75, 3.05) is 0 Å². The second-order valence-electron chi connectivity index (χ2n) is 4.62. The van der Waals surface area contributed by atoms with Gasteiger partial charge in [0.25, 0.3) is 0 Å². The zero-order valence-electron chi connectivity index (χ0n) is 10.4. The van der Waals surface area contributed by atoms with Crippen LogP contribution in [-0.4, -0.2) is 18.1 Å². The summed E-state index contributed by atoms with van der Waals surface area (Å²) < 4.78 is 41.1. The molecule has 1 aromatic rings. The molecular formula is C13H12F3NO3. The molecule has 0 radical (unpaired) electrons. The van der Waals surface area contributed by atoms with E-state index in [-0.39, 0.29) is 12.2 Å². The van der Waals surface area contributed by atoms with Gasteiger partial charge in [-0.05, 0) is 36.5 Å². The van der Waals surface area contributed by atoms with E-state index in [1.165, 1.54) is 12.1 Å². The summed E-state index contributed by atoms with van der Waals surface area (Å²) in [6.07, 6.45) is -3.81. The van der Waals surface area contributed by atoms with Gasteiger partial charge in [-0.3, -0.25) is 4.79 Å². The van der Waals surface area contributed by atoms with E-state index < -0.39 is 24.0 Å². The summed E-state index contributed by atoms with van der Waals surface area (Å²) >= 11 is 0. The number of aryl methyl sites for hydroxylation is 1. The molecule has 1 atom stereocenters. The van der Waals surface area contributed by atoms with Gasteiger partial charge in [0.15, 0.2) is 0 Å². The second kappa shape index (κ2) is 5.15. The van der Waals surface area contributed by atoms with Crippen molar-refractivity contribution in [2.45, 2.75) is 25.4 Å². The van der Waals surface area contributed by atoms with Crippen molar-refractivity contribution >= 4 is 11.9 Å². The fourth-order valence-electron chi connectivity index (χ4n) is 2.25. The molecule has 1 amide bonds. The molecule has 1 unspecified atom stereocenters. The minimum absolute atomic E-state index is 0.157. The Morgan fingerprint density at radius 2 is 2.00 bits per heavy atom.